The minimum atomic E-state index is 0.292. The van der Waals surface area contributed by atoms with Gasteiger partial charge in [0.15, 0.2) is 0 Å². The van der Waals surface area contributed by atoms with E-state index < -0.39 is 0 Å². The molecule has 1 atom stereocenters. The Labute approximate surface area is 98.7 Å². The van der Waals surface area contributed by atoms with Crippen molar-refractivity contribution in [1.29, 1.82) is 0 Å². The molecule has 1 unspecified atom stereocenters. The number of aromatic nitrogens is 4. The van der Waals surface area contributed by atoms with Gasteiger partial charge in [-0.25, -0.2) is 9.97 Å². The van der Waals surface area contributed by atoms with Crippen molar-refractivity contribution in [3.05, 3.63) is 30.2 Å². The third-order valence-electron chi connectivity index (χ3n) is 2.91. The number of rotatable bonds is 2. The first-order valence-corrected chi connectivity index (χ1v) is 5.65. The van der Waals surface area contributed by atoms with Gasteiger partial charge in [-0.1, -0.05) is 0 Å². The van der Waals surface area contributed by atoms with E-state index in [1.807, 2.05) is 13.0 Å². The summed E-state index contributed by atoms with van der Waals surface area (Å²) in [5, 5.41) is 7.93. The highest BCUT2D eigenvalue weighted by Gasteiger charge is 2.29. The summed E-state index contributed by atoms with van der Waals surface area (Å²) in [5.74, 6) is 2.40. The number of hydrogen-bond acceptors (Lipinski definition) is 6. The molecule has 1 aliphatic heterocycles. The molecule has 3 heterocycles. The lowest BCUT2D eigenvalue weighted by molar-refractivity contribution is 0.438. The quantitative estimate of drug-likeness (QED) is 0.772. The fourth-order valence-electron chi connectivity index (χ4n) is 2.07. The lowest BCUT2D eigenvalue weighted by Gasteiger charge is -2.14. The standard InChI is InChI=1S/C11H13N5O/c1-8-14-15-10(17-8)9-3-6-16(7-9)11-12-4-2-5-13-11/h2,4-5,9H,3,6-7H2,1H3. The van der Waals surface area contributed by atoms with Crippen LogP contribution in [0, 0.1) is 6.92 Å². The summed E-state index contributed by atoms with van der Waals surface area (Å²) in [4.78, 5) is 10.6. The number of aryl methyl sites for hydroxylation is 1. The largest absolute Gasteiger partial charge is 0.425 e. The zero-order valence-electron chi connectivity index (χ0n) is 9.58. The second-order valence-electron chi connectivity index (χ2n) is 4.14. The van der Waals surface area contributed by atoms with Gasteiger partial charge in [0, 0.05) is 32.4 Å². The van der Waals surface area contributed by atoms with Crippen molar-refractivity contribution in [3.63, 3.8) is 0 Å². The lowest BCUT2D eigenvalue weighted by atomic mass is 10.1. The van der Waals surface area contributed by atoms with Gasteiger partial charge >= 0.3 is 0 Å². The monoisotopic (exact) mass is 231 g/mol. The third-order valence-corrected chi connectivity index (χ3v) is 2.91. The van der Waals surface area contributed by atoms with Crippen molar-refractivity contribution in [2.75, 3.05) is 18.0 Å². The van der Waals surface area contributed by atoms with Gasteiger partial charge in [-0.15, -0.1) is 10.2 Å². The van der Waals surface area contributed by atoms with Crippen molar-refractivity contribution in [2.45, 2.75) is 19.3 Å². The van der Waals surface area contributed by atoms with Crippen molar-refractivity contribution in [3.8, 4) is 0 Å². The molecule has 0 amide bonds. The number of nitrogens with zero attached hydrogens (tertiary/aromatic N) is 5. The zero-order valence-corrected chi connectivity index (χ0v) is 9.58. The molecule has 0 aromatic carbocycles. The molecule has 88 valence electrons. The molecular formula is C11H13N5O. The molecule has 1 fully saturated rings. The number of anilines is 1. The van der Waals surface area contributed by atoms with E-state index >= 15 is 0 Å². The van der Waals surface area contributed by atoms with E-state index in [9.17, 15) is 0 Å². The topological polar surface area (TPSA) is 67.9 Å². The van der Waals surface area contributed by atoms with Crippen LogP contribution in [0.2, 0.25) is 0 Å². The molecule has 1 saturated heterocycles. The molecule has 17 heavy (non-hydrogen) atoms. The van der Waals surface area contributed by atoms with Crippen LogP contribution in [0.5, 0.6) is 0 Å². The van der Waals surface area contributed by atoms with Gasteiger partial charge in [0.2, 0.25) is 17.7 Å². The molecule has 0 bridgehead atoms. The molecule has 1 aliphatic rings. The summed E-state index contributed by atoms with van der Waals surface area (Å²) in [6.45, 7) is 3.57. The van der Waals surface area contributed by atoms with Crippen LogP contribution in [0.4, 0.5) is 5.95 Å². The van der Waals surface area contributed by atoms with Crippen molar-refractivity contribution in [1.82, 2.24) is 20.2 Å². The van der Waals surface area contributed by atoms with Gasteiger partial charge in [0.05, 0.1) is 5.92 Å². The average molecular weight is 231 g/mol. The Morgan fingerprint density at radius 3 is 2.82 bits per heavy atom. The highest BCUT2D eigenvalue weighted by Crippen LogP contribution is 2.27. The molecule has 0 N–H and O–H groups in total. The van der Waals surface area contributed by atoms with E-state index in [-0.39, 0.29) is 0 Å². The van der Waals surface area contributed by atoms with E-state index in [0.717, 1.165) is 31.3 Å². The Bertz CT molecular complexity index is 498. The smallest absolute Gasteiger partial charge is 0.225 e. The fourth-order valence-corrected chi connectivity index (χ4v) is 2.07. The summed E-state index contributed by atoms with van der Waals surface area (Å²) in [6.07, 6.45) is 4.51. The van der Waals surface area contributed by atoms with Gasteiger partial charge in [-0.2, -0.15) is 0 Å². The maximum absolute atomic E-state index is 5.46. The third kappa shape index (κ3) is 1.98. The van der Waals surface area contributed by atoms with Gasteiger partial charge in [-0.3, -0.25) is 0 Å². The van der Waals surface area contributed by atoms with Crippen molar-refractivity contribution < 1.29 is 4.42 Å². The van der Waals surface area contributed by atoms with E-state index in [1.165, 1.54) is 0 Å². The van der Waals surface area contributed by atoms with E-state index in [2.05, 4.69) is 25.1 Å². The maximum atomic E-state index is 5.46. The van der Waals surface area contributed by atoms with Crippen molar-refractivity contribution >= 4 is 5.95 Å². The van der Waals surface area contributed by atoms with Gasteiger partial charge in [0.1, 0.15) is 0 Å². The first-order valence-electron chi connectivity index (χ1n) is 5.65. The normalized spacial score (nSPS) is 19.8. The summed E-state index contributed by atoms with van der Waals surface area (Å²) < 4.78 is 5.46. The molecule has 0 spiro atoms. The lowest BCUT2D eigenvalue weighted by Crippen LogP contribution is -2.21. The fraction of sp³-hybridized carbons (Fsp3) is 0.455. The van der Waals surface area contributed by atoms with Gasteiger partial charge in [-0.05, 0) is 12.5 Å². The van der Waals surface area contributed by atoms with Crippen LogP contribution < -0.4 is 4.90 Å². The highest BCUT2D eigenvalue weighted by atomic mass is 16.4. The predicted molar refractivity (Wildman–Crippen MR) is 60.6 cm³/mol. The highest BCUT2D eigenvalue weighted by molar-refractivity contribution is 5.31. The summed E-state index contributed by atoms with van der Waals surface area (Å²) in [5.41, 5.74) is 0. The summed E-state index contributed by atoms with van der Waals surface area (Å²) >= 11 is 0. The van der Waals surface area contributed by atoms with E-state index in [4.69, 9.17) is 4.42 Å². The zero-order chi connectivity index (χ0) is 11.7. The molecule has 2 aromatic rings. The first-order chi connectivity index (χ1) is 8.33. The SMILES string of the molecule is Cc1nnc(C2CCN(c3ncccn3)C2)o1. The van der Waals surface area contributed by atoms with E-state index in [0.29, 0.717) is 11.8 Å². The van der Waals surface area contributed by atoms with E-state index in [1.54, 1.807) is 12.4 Å². The molecule has 6 nitrogen and oxygen atoms in total. The molecule has 0 aliphatic carbocycles. The maximum Gasteiger partial charge on any atom is 0.225 e. The Kier molecular flexibility index (Phi) is 2.47. The molecular weight excluding hydrogens is 218 g/mol. The second kappa shape index (κ2) is 4.12. The predicted octanol–water partition coefficient (Wildman–Crippen LogP) is 1.16. The Hall–Kier alpha value is -1.98. The second-order valence-corrected chi connectivity index (χ2v) is 4.14. The number of hydrogen-bond donors (Lipinski definition) is 0. The average Bonchev–Trinajstić information content (AvgIpc) is 2.98. The van der Waals surface area contributed by atoms with Crippen LogP contribution in [0.1, 0.15) is 24.1 Å². The molecule has 2 aromatic heterocycles. The minimum absolute atomic E-state index is 0.292. The minimum Gasteiger partial charge on any atom is -0.425 e. The Balaban J connectivity index is 1.74. The Morgan fingerprint density at radius 1 is 1.29 bits per heavy atom. The van der Waals surface area contributed by atoms with Gasteiger partial charge in [0.25, 0.3) is 0 Å². The van der Waals surface area contributed by atoms with Crippen molar-refractivity contribution in [2.24, 2.45) is 0 Å². The Morgan fingerprint density at radius 2 is 2.12 bits per heavy atom. The molecule has 0 radical (unpaired) electrons. The summed E-state index contributed by atoms with van der Waals surface area (Å²) in [6, 6.07) is 1.82. The van der Waals surface area contributed by atoms with Crippen LogP contribution in [0.3, 0.4) is 0 Å². The first kappa shape index (κ1) is 10.2. The van der Waals surface area contributed by atoms with Crippen LogP contribution >= 0.6 is 0 Å². The van der Waals surface area contributed by atoms with Gasteiger partial charge < -0.3 is 9.32 Å². The van der Waals surface area contributed by atoms with Crippen LogP contribution in [-0.2, 0) is 0 Å². The van der Waals surface area contributed by atoms with Crippen LogP contribution in [0.25, 0.3) is 0 Å². The summed E-state index contributed by atoms with van der Waals surface area (Å²) in [7, 11) is 0. The molecule has 6 heteroatoms. The van der Waals surface area contributed by atoms with Crippen LogP contribution in [-0.4, -0.2) is 33.3 Å². The molecule has 3 rings (SSSR count). The van der Waals surface area contributed by atoms with Crippen LogP contribution in [0.15, 0.2) is 22.9 Å². The molecule has 0 saturated carbocycles.